The van der Waals surface area contributed by atoms with E-state index in [1.54, 1.807) is 0 Å². The number of nitrogens with zero attached hydrogens (tertiary/aromatic N) is 1. The zero-order valence-corrected chi connectivity index (χ0v) is 35.2. The number of hydrogen-bond acceptors (Lipinski definition) is 6. The van der Waals surface area contributed by atoms with E-state index in [1.165, 1.54) is 141 Å². The molecule has 0 aromatic rings. The Morgan fingerprint density at radius 3 is 1.37 bits per heavy atom. The molecule has 0 saturated carbocycles. The zero-order valence-electron chi connectivity index (χ0n) is 35.2. The second-order valence-electron chi connectivity index (χ2n) is 15.5. The lowest BCUT2D eigenvalue weighted by molar-refractivity contribution is -0.155. The Morgan fingerprint density at radius 2 is 0.981 bits per heavy atom. The van der Waals surface area contributed by atoms with Crippen LogP contribution in [0, 0.1) is 0 Å². The molecule has 9 heteroatoms. The molecule has 0 aliphatic rings. The number of amides is 1. The van der Waals surface area contributed by atoms with E-state index in [0.29, 0.717) is 19.4 Å². The molecule has 0 bridgehead atoms. The van der Waals surface area contributed by atoms with Crippen molar-refractivity contribution >= 4 is 17.8 Å². The number of carbonyl (C=O) groups excluding carboxylic acids is 2. The minimum Gasteiger partial charge on any atom is -0.461 e. The third kappa shape index (κ3) is 35.3. The normalized spacial score (nSPS) is 13.3. The van der Waals surface area contributed by atoms with Gasteiger partial charge in [0, 0.05) is 6.54 Å². The summed E-state index contributed by atoms with van der Waals surface area (Å²) < 4.78 is 5.94. The standard InChI is InChI=1S/C45H87N5O4/c1-3-5-7-9-11-13-15-17-19-21-23-25-27-29-31-33-36-40(35-32-30-28-26-24-22-20-18-16-14-12-10-8-6-4-2)54-44(53)42(39-51)50-43(52)41(46)37-34-38-49-45(47)48/h17-20,40-42,51H,3-16,21-39,46H2,1-2H3,(H,50,52)(H4,47,48,49)/b19-17-,20-18-. The molecule has 0 saturated heterocycles. The summed E-state index contributed by atoms with van der Waals surface area (Å²) >= 11 is 0. The predicted octanol–water partition coefficient (Wildman–Crippen LogP) is 10.2. The van der Waals surface area contributed by atoms with Gasteiger partial charge in [0.05, 0.1) is 12.6 Å². The van der Waals surface area contributed by atoms with Crippen molar-refractivity contribution in [3.63, 3.8) is 0 Å². The van der Waals surface area contributed by atoms with Crippen molar-refractivity contribution in [1.29, 1.82) is 0 Å². The predicted molar refractivity (Wildman–Crippen MR) is 230 cm³/mol. The summed E-state index contributed by atoms with van der Waals surface area (Å²) in [5.74, 6) is -1.11. The van der Waals surface area contributed by atoms with Crippen LogP contribution in [-0.2, 0) is 14.3 Å². The van der Waals surface area contributed by atoms with Crippen molar-refractivity contribution in [3.05, 3.63) is 24.3 Å². The summed E-state index contributed by atoms with van der Waals surface area (Å²) in [5, 5.41) is 12.5. The van der Waals surface area contributed by atoms with Gasteiger partial charge in [-0.3, -0.25) is 9.79 Å². The van der Waals surface area contributed by atoms with Crippen LogP contribution in [-0.4, -0.2) is 54.3 Å². The number of carbonyl (C=O) groups is 2. The Labute approximate surface area is 332 Å². The number of unbranched alkanes of at least 4 members (excludes halogenated alkanes) is 23. The van der Waals surface area contributed by atoms with Crippen molar-refractivity contribution in [1.82, 2.24) is 5.32 Å². The molecule has 0 radical (unpaired) electrons. The van der Waals surface area contributed by atoms with E-state index < -0.39 is 30.6 Å². The highest BCUT2D eigenvalue weighted by Crippen LogP contribution is 2.18. The van der Waals surface area contributed by atoms with Crippen LogP contribution in [0.4, 0.5) is 0 Å². The number of hydrogen-bond donors (Lipinski definition) is 5. The topological polar surface area (TPSA) is 166 Å². The maximum atomic E-state index is 13.1. The molecule has 9 nitrogen and oxygen atoms in total. The first-order chi connectivity index (χ1) is 26.3. The van der Waals surface area contributed by atoms with E-state index in [9.17, 15) is 14.7 Å². The van der Waals surface area contributed by atoms with Gasteiger partial charge in [0.2, 0.25) is 5.91 Å². The van der Waals surface area contributed by atoms with Crippen LogP contribution in [0.3, 0.4) is 0 Å². The molecule has 0 aromatic carbocycles. The Balaban J connectivity index is 4.57. The van der Waals surface area contributed by atoms with Gasteiger partial charge < -0.3 is 32.4 Å². The van der Waals surface area contributed by atoms with Gasteiger partial charge in [0.25, 0.3) is 0 Å². The molecule has 0 aliphatic carbocycles. The maximum absolute atomic E-state index is 13.1. The minimum absolute atomic E-state index is 0.00955. The lowest BCUT2D eigenvalue weighted by Crippen LogP contribution is -2.51. The van der Waals surface area contributed by atoms with Crippen LogP contribution < -0.4 is 22.5 Å². The van der Waals surface area contributed by atoms with Crippen molar-refractivity contribution in [2.75, 3.05) is 13.2 Å². The number of aliphatic hydroxyl groups excluding tert-OH is 1. The highest BCUT2D eigenvalue weighted by atomic mass is 16.5. The third-order valence-corrected chi connectivity index (χ3v) is 10.2. The van der Waals surface area contributed by atoms with E-state index in [2.05, 4.69) is 48.5 Å². The maximum Gasteiger partial charge on any atom is 0.331 e. The fraction of sp³-hybridized carbons (Fsp3) is 0.844. The molecule has 3 atom stereocenters. The largest absolute Gasteiger partial charge is 0.461 e. The van der Waals surface area contributed by atoms with Gasteiger partial charge in [0.1, 0.15) is 6.10 Å². The molecule has 3 unspecified atom stereocenters. The van der Waals surface area contributed by atoms with Gasteiger partial charge in [0.15, 0.2) is 12.0 Å². The van der Waals surface area contributed by atoms with Gasteiger partial charge >= 0.3 is 5.97 Å². The lowest BCUT2D eigenvalue weighted by Gasteiger charge is -2.23. The Bertz CT molecular complexity index is 937. The van der Waals surface area contributed by atoms with Gasteiger partial charge in [-0.2, -0.15) is 0 Å². The molecular formula is C45H87N5O4. The quantitative estimate of drug-likeness (QED) is 0.0136. The number of rotatable bonds is 40. The molecule has 0 aliphatic heterocycles. The summed E-state index contributed by atoms with van der Waals surface area (Å²) in [5.41, 5.74) is 16.7. The number of nitrogens with one attached hydrogen (secondary N) is 1. The first-order valence-corrected chi connectivity index (χ1v) is 22.6. The van der Waals surface area contributed by atoms with Gasteiger partial charge in [-0.05, 0) is 89.9 Å². The van der Waals surface area contributed by atoms with E-state index in [1.807, 2.05) is 0 Å². The van der Waals surface area contributed by atoms with Crippen LogP contribution >= 0.6 is 0 Å². The van der Waals surface area contributed by atoms with Gasteiger partial charge in [-0.25, -0.2) is 4.79 Å². The average molecular weight is 762 g/mol. The number of ether oxygens (including phenoxy) is 1. The fourth-order valence-corrected chi connectivity index (χ4v) is 6.68. The van der Waals surface area contributed by atoms with E-state index in [4.69, 9.17) is 21.9 Å². The number of aliphatic hydroxyl groups is 1. The third-order valence-electron chi connectivity index (χ3n) is 10.2. The summed E-state index contributed by atoms with van der Waals surface area (Å²) in [4.78, 5) is 29.7. The monoisotopic (exact) mass is 762 g/mol. The second-order valence-corrected chi connectivity index (χ2v) is 15.5. The Hall–Kier alpha value is -2.39. The smallest absolute Gasteiger partial charge is 0.331 e. The second kappa shape index (κ2) is 40.3. The first kappa shape index (κ1) is 51.6. The zero-order chi connectivity index (χ0) is 39.7. The van der Waals surface area contributed by atoms with Crippen molar-refractivity contribution in [2.24, 2.45) is 22.2 Å². The van der Waals surface area contributed by atoms with Gasteiger partial charge in [-0.1, -0.05) is 147 Å². The molecular weight excluding hydrogens is 675 g/mol. The van der Waals surface area contributed by atoms with Gasteiger partial charge in [-0.15, -0.1) is 0 Å². The molecule has 0 aromatic heterocycles. The fourth-order valence-electron chi connectivity index (χ4n) is 6.68. The molecule has 0 rings (SSSR count). The molecule has 0 spiro atoms. The van der Waals surface area contributed by atoms with Crippen LogP contribution in [0.15, 0.2) is 29.3 Å². The molecule has 0 heterocycles. The number of allylic oxidation sites excluding steroid dienone is 4. The molecule has 0 fully saturated rings. The number of aliphatic imine (C=N–C) groups is 1. The van der Waals surface area contributed by atoms with E-state index in [-0.39, 0.29) is 12.1 Å². The number of guanidine groups is 1. The Morgan fingerprint density at radius 1 is 0.593 bits per heavy atom. The highest BCUT2D eigenvalue weighted by molar-refractivity contribution is 5.87. The van der Waals surface area contributed by atoms with Crippen LogP contribution in [0.2, 0.25) is 0 Å². The molecule has 8 N–H and O–H groups in total. The average Bonchev–Trinajstić information content (AvgIpc) is 3.16. The molecule has 1 amide bonds. The summed E-state index contributed by atoms with van der Waals surface area (Å²) in [6, 6.07) is -1.98. The number of esters is 1. The van der Waals surface area contributed by atoms with Crippen LogP contribution in [0.1, 0.15) is 213 Å². The molecule has 316 valence electrons. The van der Waals surface area contributed by atoms with E-state index >= 15 is 0 Å². The lowest BCUT2D eigenvalue weighted by atomic mass is 10.0. The molecule has 54 heavy (non-hydrogen) atoms. The summed E-state index contributed by atoms with van der Waals surface area (Å²) in [6.07, 6.45) is 45.4. The van der Waals surface area contributed by atoms with Crippen LogP contribution in [0.25, 0.3) is 0 Å². The van der Waals surface area contributed by atoms with Crippen LogP contribution in [0.5, 0.6) is 0 Å². The van der Waals surface area contributed by atoms with Crippen molar-refractivity contribution in [2.45, 2.75) is 231 Å². The van der Waals surface area contributed by atoms with E-state index in [0.717, 1.165) is 44.9 Å². The minimum atomic E-state index is -1.14. The van der Waals surface area contributed by atoms with Crippen molar-refractivity contribution in [3.8, 4) is 0 Å². The highest BCUT2D eigenvalue weighted by Gasteiger charge is 2.26. The summed E-state index contributed by atoms with van der Waals surface area (Å²) in [6.45, 7) is 4.35. The number of nitrogens with two attached hydrogens (primary N) is 3. The Kier molecular flexibility index (Phi) is 38.5. The SMILES string of the molecule is CCCCCCCC/C=C\CCCCCCCCC(CCCCCCC/C=C\CCCCCCCC)OC(=O)C(CO)NC(=O)C(N)CCCN=C(N)N. The summed E-state index contributed by atoms with van der Waals surface area (Å²) in [7, 11) is 0. The van der Waals surface area contributed by atoms with Crippen molar-refractivity contribution < 1.29 is 19.4 Å². The first-order valence-electron chi connectivity index (χ1n) is 22.6.